The number of carbonyl (C=O) groups is 2. The molecule has 0 aliphatic heterocycles. The fraction of sp³-hybridized carbons (Fsp3) is 0.429. The fourth-order valence-electron chi connectivity index (χ4n) is 1.64. The van der Waals surface area contributed by atoms with Crippen LogP contribution >= 0.6 is 11.6 Å². The zero-order valence-corrected chi connectivity index (χ0v) is 12.6. The average Bonchev–Trinajstić information content (AvgIpc) is 2.40. The van der Waals surface area contributed by atoms with E-state index in [-0.39, 0.29) is 16.6 Å². The predicted molar refractivity (Wildman–Crippen MR) is 79.5 cm³/mol. The lowest BCUT2D eigenvalue weighted by Gasteiger charge is -2.21. The van der Waals surface area contributed by atoms with Crippen molar-refractivity contribution >= 4 is 29.3 Å². The Labute approximate surface area is 123 Å². The van der Waals surface area contributed by atoms with Gasteiger partial charge in [0.05, 0.1) is 16.3 Å². The highest BCUT2D eigenvalue weighted by Crippen LogP contribution is 2.23. The summed E-state index contributed by atoms with van der Waals surface area (Å²) in [4.78, 5) is 24.3. The summed E-state index contributed by atoms with van der Waals surface area (Å²) in [5.41, 5.74) is 0.485. The Bertz CT molecular complexity index is 505. The number of nitrogens with one attached hydrogen (secondary N) is 1. The average molecular weight is 299 g/mol. The van der Waals surface area contributed by atoms with Crippen LogP contribution in [-0.4, -0.2) is 35.6 Å². The smallest absolute Gasteiger partial charge is 0.335 e. The van der Waals surface area contributed by atoms with Crippen molar-refractivity contribution in [3.63, 3.8) is 0 Å². The van der Waals surface area contributed by atoms with Crippen LogP contribution in [0.15, 0.2) is 18.2 Å². The van der Waals surface area contributed by atoms with Crippen molar-refractivity contribution in [2.24, 2.45) is 5.92 Å². The van der Waals surface area contributed by atoms with E-state index in [1.165, 1.54) is 18.2 Å². The van der Waals surface area contributed by atoms with Gasteiger partial charge in [-0.3, -0.25) is 0 Å². The third-order valence-corrected chi connectivity index (χ3v) is 3.40. The van der Waals surface area contributed by atoms with Gasteiger partial charge < -0.3 is 15.3 Å². The number of carboxylic acids is 1. The SMILES string of the molecule is CCC(C)CN(C)C(=O)Nc1ccc(C(=O)O)cc1Cl. The predicted octanol–water partition coefficient (Wildman–Crippen LogP) is 3.55. The van der Waals surface area contributed by atoms with Crippen LogP contribution in [0.2, 0.25) is 5.02 Å². The number of nitrogens with zero attached hydrogens (tertiary/aromatic N) is 1. The van der Waals surface area contributed by atoms with Crippen LogP contribution in [0.5, 0.6) is 0 Å². The van der Waals surface area contributed by atoms with Gasteiger partial charge in [0.2, 0.25) is 0 Å². The number of aromatic carboxylic acids is 1. The molecular weight excluding hydrogens is 280 g/mol. The van der Waals surface area contributed by atoms with Crippen molar-refractivity contribution in [3.05, 3.63) is 28.8 Å². The van der Waals surface area contributed by atoms with Crippen molar-refractivity contribution in [1.82, 2.24) is 4.90 Å². The maximum absolute atomic E-state index is 12.0. The lowest BCUT2D eigenvalue weighted by Crippen LogP contribution is -2.34. The maximum Gasteiger partial charge on any atom is 0.335 e. The lowest BCUT2D eigenvalue weighted by molar-refractivity contribution is 0.0697. The van der Waals surface area contributed by atoms with E-state index in [4.69, 9.17) is 16.7 Å². The van der Waals surface area contributed by atoms with Gasteiger partial charge in [0, 0.05) is 13.6 Å². The Hall–Kier alpha value is -1.75. The number of carbonyl (C=O) groups excluding carboxylic acids is 1. The summed E-state index contributed by atoms with van der Waals surface area (Å²) in [6.45, 7) is 4.78. The first-order chi connectivity index (χ1) is 9.35. The van der Waals surface area contributed by atoms with Gasteiger partial charge in [-0.25, -0.2) is 9.59 Å². The fourth-order valence-corrected chi connectivity index (χ4v) is 1.87. The summed E-state index contributed by atoms with van der Waals surface area (Å²) >= 11 is 5.96. The Morgan fingerprint density at radius 2 is 2.10 bits per heavy atom. The van der Waals surface area contributed by atoms with Gasteiger partial charge in [-0.05, 0) is 24.1 Å². The van der Waals surface area contributed by atoms with E-state index in [1.54, 1.807) is 11.9 Å². The molecule has 1 aromatic rings. The molecule has 1 unspecified atom stereocenters. The standard InChI is InChI=1S/C14H19ClN2O3/c1-4-9(2)8-17(3)14(20)16-12-6-5-10(13(18)19)7-11(12)15/h5-7,9H,4,8H2,1-3H3,(H,16,20)(H,18,19). The second-order valence-electron chi connectivity index (χ2n) is 4.82. The van der Waals surface area contributed by atoms with Crippen LogP contribution in [0.1, 0.15) is 30.6 Å². The largest absolute Gasteiger partial charge is 0.478 e. The first-order valence-corrected chi connectivity index (χ1v) is 6.77. The van der Waals surface area contributed by atoms with Crippen LogP contribution in [0.25, 0.3) is 0 Å². The zero-order chi connectivity index (χ0) is 15.3. The maximum atomic E-state index is 12.0. The van der Waals surface area contributed by atoms with Crippen LogP contribution in [0, 0.1) is 5.92 Å². The Balaban J connectivity index is 2.73. The van der Waals surface area contributed by atoms with Crippen LogP contribution < -0.4 is 5.32 Å². The summed E-state index contributed by atoms with van der Waals surface area (Å²) < 4.78 is 0. The topological polar surface area (TPSA) is 69.6 Å². The van der Waals surface area contributed by atoms with E-state index in [0.717, 1.165) is 6.42 Å². The summed E-state index contributed by atoms with van der Waals surface area (Å²) in [5.74, 6) is -0.644. The molecule has 0 fully saturated rings. The molecule has 0 aromatic heterocycles. The number of carboxylic acid groups (broad SMARTS) is 1. The van der Waals surface area contributed by atoms with Crippen molar-refractivity contribution in [2.75, 3.05) is 18.9 Å². The number of rotatable bonds is 5. The molecule has 0 spiro atoms. The van der Waals surface area contributed by atoms with E-state index >= 15 is 0 Å². The van der Waals surface area contributed by atoms with Crippen LogP contribution in [0.4, 0.5) is 10.5 Å². The van der Waals surface area contributed by atoms with Gasteiger partial charge in [-0.1, -0.05) is 31.9 Å². The number of halogens is 1. The minimum atomic E-state index is -1.06. The third-order valence-electron chi connectivity index (χ3n) is 3.09. The number of urea groups is 1. The molecule has 0 radical (unpaired) electrons. The number of hydrogen-bond acceptors (Lipinski definition) is 2. The molecule has 2 amide bonds. The molecule has 0 heterocycles. The molecule has 0 bridgehead atoms. The van der Waals surface area contributed by atoms with Gasteiger partial charge in [0.25, 0.3) is 0 Å². The van der Waals surface area contributed by atoms with Crippen molar-refractivity contribution in [2.45, 2.75) is 20.3 Å². The molecular formula is C14H19ClN2O3. The van der Waals surface area contributed by atoms with Gasteiger partial charge >= 0.3 is 12.0 Å². The Kier molecular flexibility index (Phi) is 5.82. The van der Waals surface area contributed by atoms with Gasteiger partial charge in [0.1, 0.15) is 0 Å². The molecule has 0 saturated heterocycles. The molecule has 0 saturated carbocycles. The first kappa shape index (κ1) is 16.3. The quantitative estimate of drug-likeness (QED) is 0.873. The van der Waals surface area contributed by atoms with E-state index in [2.05, 4.69) is 19.2 Å². The van der Waals surface area contributed by atoms with E-state index in [0.29, 0.717) is 18.2 Å². The monoisotopic (exact) mass is 298 g/mol. The first-order valence-electron chi connectivity index (χ1n) is 6.40. The molecule has 1 aromatic carbocycles. The van der Waals surface area contributed by atoms with Crippen LogP contribution in [-0.2, 0) is 0 Å². The van der Waals surface area contributed by atoms with E-state index < -0.39 is 5.97 Å². The van der Waals surface area contributed by atoms with Crippen molar-refractivity contribution in [1.29, 1.82) is 0 Å². The van der Waals surface area contributed by atoms with Crippen molar-refractivity contribution < 1.29 is 14.7 Å². The normalized spacial score (nSPS) is 11.8. The lowest BCUT2D eigenvalue weighted by atomic mass is 10.1. The zero-order valence-electron chi connectivity index (χ0n) is 11.8. The highest BCUT2D eigenvalue weighted by atomic mass is 35.5. The molecule has 1 rings (SSSR count). The minimum Gasteiger partial charge on any atom is -0.478 e. The summed E-state index contributed by atoms with van der Waals surface area (Å²) in [5, 5.41) is 11.7. The number of amides is 2. The molecule has 6 heteroatoms. The minimum absolute atomic E-state index is 0.0842. The number of hydrogen-bond donors (Lipinski definition) is 2. The van der Waals surface area contributed by atoms with E-state index in [9.17, 15) is 9.59 Å². The highest BCUT2D eigenvalue weighted by Gasteiger charge is 2.14. The summed E-state index contributed by atoms with van der Waals surface area (Å²) in [7, 11) is 1.71. The molecule has 20 heavy (non-hydrogen) atoms. The molecule has 5 nitrogen and oxygen atoms in total. The third kappa shape index (κ3) is 4.42. The number of anilines is 1. The molecule has 1 atom stereocenters. The second kappa shape index (κ2) is 7.14. The number of benzene rings is 1. The Morgan fingerprint density at radius 3 is 2.60 bits per heavy atom. The molecule has 110 valence electrons. The Morgan fingerprint density at radius 1 is 1.45 bits per heavy atom. The molecule has 0 aliphatic rings. The van der Waals surface area contributed by atoms with Gasteiger partial charge in [-0.2, -0.15) is 0 Å². The molecule has 2 N–H and O–H groups in total. The second-order valence-corrected chi connectivity index (χ2v) is 5.23. The van der Waals surface area contributed by atoms with Gasteiger partial charge in [-0.15, -0.1) is 0 Å². The van der Waals surface area contributed by atoms with E-state index in [1.807, 2.05) is 0 Å². The summed E-state index contributed by atoms with van der Waals surface area (Å²) in [6.07, 6.45) is 0.992. The van der Waals surface area contributed by atoms with Crippen molar-refractivity contribution in [3.8, 4) is 0 Å². The van der Waals surface area contributed by atoms with Crippen LogP contribution in [0.3, 0.4) is 0 Å². The highest BCUT2D eigenvalue weighted by molar-refractivity contribution is 6.34. The van der Waals surface area contributed by atoms with Gasteiger partial charge in [0.15, 0.2) is 0 Å². The summed E-state index contributed by atoms with van der Waals surface area (Å²) in [6, 6.07) is 3.93. The molecule has 0 aliphatic carbocycles.